The van der Waals surface area contributed by atoms with Crippen LogP contribution < -0.4 is 5.32 Å². The summed E-state index contributed by atoms with van der Waals surface area (Å²) >= 11 is 0. The minimum absolute atomic E-state index is 0.0146. The van der Waals surface area contributed by atoms with Crippen LogP contribution in [-0.2, 0) is 14.3 Å². The zero-order chi connectivity index (χ0) is 62.8. The number of ether oxygens (including phenoxy) is 1. The van der Waals surface area contributed by atoms with Gasteiger partial charge >= 0.3 is 5.97 Å². The van der Waals surface area contributed by atoms with E-state index in [2.05, 4.69) is 55.6 Å². The third-order valence-corrected chi connectivity index (χ3v) is 18.7. The van der Waals surface area contributed by atoms with Crippen molar-refractivity contribution in [2.45, 2.75) is 456 Å². The first-order chi connectivity index (χ1) is 43.0. The molecule has 514 valence electrons. The molecule has 0 aliphatic heterocycles. The van der Waals surface area contributed by atoms with E-state index in [1.165, 1.54) is 366 Å². The van der Waals surface area contributed by atoms with E-state index in [0.717, 1.165) is 44.9 Å². The standard InChI is InChI=1S/C81H155NO5/c1-3-5-7-9-11-13-15-17-19-21-38-43-47-51-55-59-63-67-71-75-81(86)87-76-72-68-64-60-56-52-48-44-40-37-35-33-31-29-27-25-23-24-26-28-30-32-34-36-39-42-46-50-54-58-62-66-70-74-80(85)82-78(77-83)79(84)73-69-65-61-57-53-49-45-41-22-20-18-16-14-12-10-8-6-4-2/h17,19,27,29,33,35,78-79,83-84H,3-16,18,20-26,28,30-32,34,36-77H2,1-2H3,(H,82,85)/b19-17-,29-27-,35-33-. The second-order valence-electron chi connectivity index (χ2n) is 27.4. The summed E-state index contributed by atoms with van der Waals surface area (Å²) in [4.78, 5) is 24.7. The molecule has 0 fully saturated rings. The molecule has 1 amide bonds. The highest BCUT2D eigenvalue weighted by atomic mass is 16.5. The van der Waals surface area contributed by atoms with Gasteiger partial charge in [-0.1, -0.05) is 384 Å². The summed E-state index contributed by atoms with van der Waals surface area (Å²) in [5, 5.41) is 23.4. The summed E-state index contributed by atoms with van der Waals surface area (Å²) in [6.45, 7) is 4.99. The van der Waals surface area contributed by atoms with Crippen molar-refractivity contribution in [3.8, 4) is 0 Å². The average molecular weight is 1220 g/mol. The zero-order valence-electron chi connectivity index (χ0n) is 59.0. The van der Waals surface area contributed by atoms with E-state index in [0.29, 0.717) is 25.9 Å². The summed E-state index contributed by atoms with van der Waals surface area (Å²) in [6.07, 6.45) is 99.5. The van der Waals surface area contributed by atoms with Crippen LogP contribution in [-0.4, -0.2) is 47.4 Å². The van der Waals surface area contributed by atoms with Gasteiger partial charge in [-0.25, -0.2) is 0 Å². The van der Waals surface area contributed by atoms with Crippen LogP contribution in [0.4, 0.5) is 0 Å². The van der Waals surface area contributed by atoms with Gasteiger partial charge in [0.1, 0.15) is 0 Å². The Morgan fingerprint density at radius 1 is 0.322 bits per heavy atom. The first-order valence-electron chi connectivity index (χ1n) is 39.7. The quantitative estimate of drug-likeness (QED) is 0.0320. The number of esters is 1. The van der Waals surface area contributed by atoms with Crippen LogP contribution in [0.25, 0.3) is 0 Å². The topological polar surface area (TPSA) is 95.9 Å². The summed E-state index contributed by atoms with van der Waals surface area (Å²) in [5.41, 5.74) is 0. The van der Waals surface area contributed by atoms with E-state index < -0.39 is 12.1 Å². The molecule has 3 N–H and O–H groups in total. The first kappa shape index (κ1) is 85.1. The van der Waals surface area contributed by atoms with Gasteiger partial charge in [0.05, 0.1) is 25.4 Å². The summed E-state index contributed by atoms with van der Waals surface area (Å²) in [6, 6.07) is -0.541. The number of nitrogens with one attached hydrogen (secondary N) is 1. The number of hydrogen-bond donors (Lipinski definition) is 3. The lowest BCUT2D eigenvalue weighted by Crippen LogP contribution is -2.45. The zero-order valence-corrected chi connectivity index (χ0v) is 59.0. The Balaban J connectivity index is 3.37. The van der Waals surface area contributed by atoms with Gasteiger partial charge in [-0.3, -0.25) is 9.59 Å². The van der Waals surface area contributed by atoms with Crippen LogP contribution in [0.2, 0.25) is 0 Å². The van der Waals surface area contributed by atoms with Crippen molar-refractivity contribution in [2.75, 3.05) is 13.2 Å². The number of carbonyl (C=O) groups excluding carboxylic acids is 2. The van der Waals surface area contributed by atoms with Gasteiger partial charge < -0.3 is 20.3 Å². The maximum Gasteiger partial charge on any atom is 0.305 e. The van der Waals surface area contributed by atoms with Crippen LogP contribution in [0.5, 0.6) is 0 Å². The van der Waals surface area contributed by atoms with E-state index >= 15 is 0 Å². The van der Waals surface area contributed by atoms with Gasteiger partial charge in [-0.2, -0.15) is 0 Å². The third-order valence-electron chi connectivity index (χ3n) is 18.7. The molecule has 2 unspecified atom stereocenters. The van der Waals surface area contributed by atoms with Crippen molar-refractivity contribution in [2.24, 2.45) is 0 Å². The third kappa shape index (κ3) is 73.0. The number of allylic oxidation sites excluding steroid dienone is 6. The number of rotatable bonds is 75. The molecule has 0 saturated carbocycles. The molecule has 0 aliphatic carbocycles. The lowest BCUT2D eigenvalue weighted by atomic mass is 10.0. The van der Waals surface area contributed by atoms with Crippen molar-refractivity contribution >= 4 is 11.9 Å². The highest BCUT2D eigenvalue weighted by Gasteiger charge is 2.20. The highest BCUT2D eigenvalue weighted by Crippen LogP contribution is 2.20. The summed E-state index contributed by atoms with van der Waals surface area (Å²) < 4.78 is 5.51. The Morgan fingerprint density at radius 3 is 0.885 bits per heavy atom. The molecule has 0 heterocycles. The average Bonchev–Trinajstić information content (AvgIpc) is 3.59. The molecule has 0 aromatic rings. The molecule has 6 nitrogen and oxygen atoms in total. The predicted octanol–water partition coefficient (Wildman–Crippen LogP) is 26.2. The van der Waals surface area contributed by atoms with Gasteiger partial charge in [0.15, 0.2) is 0 Å². The Hall–Kier alpha value is -1.92. The summed E-state index contributed by atoms with van der Waals surface area (Å²) in [5.74, 6) is -0.0143. The molecule has 0 aromatic heterocycles. The van der Waals surface area contributed by atoms with Gasteiger partial charge in [-0.05, 0) is 83.5 Å². The fourth-order valence-corrected chi connectivity index (χ4v) is 12.6. The second kappa shape index (κ2) is 76.5. The molecule has 0 spiro atoms. The van der Waals surface area contributed by atoms with E-state index in [1.54, 1.807) is 0 Å². The normalized spacial score (nSPS) is 12.6. The van der Waals surface area contributed by atoms with Crippen molar-refractivity contribution in [1.29, 1.82) is 0 Å². The molecule has 0 rings (SSSR count). The van der Waals surface area contributed by atoms with E-state index in [-0.39, 0.29) is 18.5 Å². The van der Waals surface area contributed by atoms with Gasteiger partial charge in [-0.15, -0.1) is 0 Å². The molecular weight excluding hydrogens is 1070 g/mol. The van der Waals surface area contributed by atoms with Gasteiger partial charge in [0.2, 0.25) is 5.91 Å². The van der Waals surface area contributed by atoms with E-state index in [4.69, 9.17) is 4.74 Å². The first-order valence-corrected chi connectivity index (χ1v) is 39.7. The number of aliphatic hydroxyl groups excluding tert-OH is 2. The number of unbranched alkanes of at least 4 members (excludes halogenated alkanes) is 58. The smallest absolute Gasteiger partial charge is 0.305 e. The summed E-state index contributed by atoms with van der Waals surface area (Å²) in [7, 11) is 0. The van der Waals surface area contributed by atoms with Crippen molar-refractivity contribution in [3.05, 3.63) is 36.5 Å². The van der Waals surface area contributed by atoms with Crippen molar-refractivity contribution < 1.29 is 24.5 Å². The van der Waals surface area contributed by atoms with Crippen LogP contribution in [0.15, 0.2) is 36.5 Å². The predicted molar refractivity (Wildman–Crippen MR) is 384 cm³/mol. The highest BCUT2D eigenvalue weighted by molar-refractivity contribution is 5.76. The van der Waals surface area contributed by atoms with Crippen LogP contribution in [0, 0.1) is 0 Å². The molecule has 0 aliphatic rings. The molecule has 0 bridgehead atoms. The fraction of sp³-hybridized carbons (Fsp3) is 0.901. The molecule has 0 radical (unpaired) electrons. The Labute approximate surface area is 544 Å². The lowest BCUT2D eigenvalue weighted by molar-refractivity contribution is -0.143. The van der Waals surface area contributed by atoms with E-state index in [9.17, 15) is 19.8 Å². The minimum Gasteiger partial charge on any atom is -0.466 e. The molecule has 0 aromatic carbocycles. The van der Waals surface area contributed by atoms with Gasteiger partial charge in [0, 0.05) is 12.8 Å². The Kier molecular flexibility index (Phi) is 74.8. The lowest BCUT2D eigenvalue weighted by Gasteiger charge is -2.22. The molecule has 6 heteroatoms. The number of aliphatic hydroxyl groups is 2. The maximum absolute atomic E-state index is 12.5. The van der Waals surface area contributed by atoms with E-state index in [1.807, 2.05) is 0 Å². The minimum atomic E-state index is -0.664. The van der Waals surface area contributed by atoms with Crippen LogP contribution >= 0.6 is 0 Å². The Morgan fingerprint density at radius 2 is 0.575 bits per heavy atom. The van der Waals surface area contributed by atoms with Gasteiger partial charge in [0.25, 0.3) is 0 Å². The SMILES string of the molecule is CCCCCCCC/C=C\CCCCCCCCCCCC(=O)OCCCCCCCCCCC/C=C\C/C=C\CCCCCCCCCCCCCCCCCCCC(=O)NC(CO)C(O)CCCCCCCCCCCCCCCCCCCC. The molecule has 87 heavy (non-hydrogen) atoms. The molecule has 2 atom stereocenters. The molecule has 0 saturated heterocycles. The van der Waals surface area contributed by atoms with Crippen LogP contribution in [0.1, 0.15) is 444 Å². The number of amides is 1. The van der Waals surface area contributed by atoms with Crippen molar-refractivity contribution in [1.82, 2.24) is 5.32 Å². The molecular formula is C81H155NO5. The largest absolute Gasteiger partial charge is 0.466 e. The number of carbonyl (C=O) groups is 2. The Bertz CT molecular complexity index is 1410. The van der Waals surface area contributed by atoms with Crippen molar-refractivity contribution in [3.63, 3.8) is 0 Å². The number of hydrogen-bond acceptors (Lipinski definition) is 5. The fourth-order valence-electron chi connectivity index (χ4n) is 12.6. The van der Waals surface area contributed by atoms with Crippen LogP contribution in [0.3, 0.4) is 0 Å². The maximum atomic E-state index is 12.5. The monoisotopic (exact) mass is 1220 g/mol. The second-order valence-corrected chi connectivity index (χ2v) is 27.4.